The lowest BCUT2D eigenvalue weighted by Crippen LogP contribution is -2.35. The maximum Gasteiger partial charge on any atom is 0.323 e. The van der Waals surface area contributed by atoms with E-state index < -0.39 is 0 Å². The minimum atomic E-state index is -0.184. The van der Waals surface area contributed by atoms with Crippen molar-refractivity contribution in [3.8, 4) is 0 Å². The Bertz CT molecular complexity index is 157. The molecule has 0 spiro atoms. The molecule has 0 aliphatic heterocycles. The SMILES string of the molecule is C=CCOC(=O)C(CCCC)NC. The van der Waals surface area contributed by atoms with Crippen LogP contribution in [0.2, 0.25) is 0 Å². The summed E-state index contributed by atoms with van der Waals surface area (Å²) in [5, 5.41) is 2.94. The Morgan fingerprint density at radius 1 is 1.69 bits per heavy atom. The van der Waals surface area contributed by atoms with Crippen LogP contribution in [0, 0.1) is 0 Å². The van der Waals surface area contributed by atoms with E-state index in [-0.39, 0.29) is 12.0 Å². The highest BCUT2D eigenvalue weighted by Gasteiger charge is 2.15. The summed E-state index contributed by atoms with van der Waals surface area (Å²) in [4.78, 5) is 11.3. The molecule has 0 saturated carbocycles. The third-order valence-corrected chi connectivity index (χ3v) is 1.82. The van der Waals surface area contributed by atoms with Crippen molar-refractivity contribution in [1.82, 2.24) is 5.32 Å². The Morgan fingerprint density at radius 2 is 2.38 bits per heavy atom. The first-order valence-corrected chi connectivity index (χ1v) is 4.71. The standard InChI is InChI=1S/C10H19NO2/c1-4-6-7-9(11-3)10(12)13-8-5-2/h5,9,11H,2,4,6-8H2,1,3H3. The average Bonchev–Trinajstić information content (AvgIpc) is 2.16. The summed E-state index contributed by atoms with van der Waals surface area (Å²) in [6.07, 6.45) is 4.54. The van der Waals surface area contributed by atoms with Crippen LogP contribution in [0.1, 0.15) is 26.2 Å². The summed E-state index contributed by atoms with van der Waals surface area (Å²) in [5.41, 5.74) is 0. The number of hydrogen-bond acceptors (Lipinski definition) is 3. The van der Waals surface area contributed by atoms with Crippen molar-refractivity contribution in [3.05, 3.63) is 12.7 Å². The molecule has 0 saturated heterocycles. The highest BCUT2D eigenvalue weighted by molar-refractivity contribution is 5.75. The summed E-state index contributed by atoms with van der Waals surface area (Å²) >= 11 is 0. The van der Waals surface area contributed by atoms with E-state index in [1.807, 2.05) is 0 Å². The van der Waals surface area contributed by atoms with Gasteiger partial charge in [0.05, 0.1) is 0 Å². The third kappa shape index (κ3) is 5.42. The molecular formula is C10H19NO2. The number of nitrogens with one attached hydrogen (secondary N) is 1. The lowest BCUT2D eigenvalue weighted by Gasteiger charge is -2.13. The molecule has 1 unspecified atom stereocenters. The number of rotatable bonds is 7. The second kappa shape index (κ2) is 7.80. The van der Waals surface area contributed by atoms with Crippen LogP contribution in [0.25, 0.3) is 0 Å². The Labute approximate surface area is 80.2 Å². The minimum absolute atomic E-state index is 0.167. The minimum Gasteiger partial charge on any atom is -0.460 e. The van der Waals surface area contributed by atoms with E-state index in [1.54, 1.807) is 13.1 Å². The summed E-state index contributed by atoms with van der Waals surface area (Å²) < 4.78 is 4.92. The van der Waals surface area contributed by atoms with Crippen LogP contribution in [0.3, 0.4) is 0 Å². The van der Waals surface area contributed by atoms with E-state index in [0.717, 1.165) is 19.3 Å². The van der Waals surface area contributed by atoms with Crippen molar-refractivity contribution >= 4 is 5.97 Å². The molecule has 0 heterocycles. The monoisotopic (exact) mass is 185 g/mol. The van der Waals surface area contributed by atoms with E-state index in [4.69, 9.17) is 4.74 Å². The Hall–Kier alpha value is -0.830. The van der Waals surface area contributed by atoms with Crippen LogP contribution in [0.4, 0.5) is 0 Å². The van der Waals surface area contributed by atoms with Gasteiger partial charge in [-0.15, -0.1) is 0 Å². The normalized spacial score (nSPS) is 12.2. The number of ether oxygens (including phenoxy) is 1. The Balaban J connectivity index is 3.77. The van der Waals surface area contributed by atoms with Gasteiger partial charge in [-0.1, -0.05) is 32.4 Å². The van der Waals surface area contributed by atoms with Gasteiger partial charge in [-0.25, -0.2) is 0 Å². The van der Waals surface area contributed by atoms with Crippen LogP contribution >= 0.6 is 0 Å². The van der Waals surface area contributed by atoms with Crippen molar-refractivity contribution in [2.75, 3.05) is 13.7 Å². The van der Waals surface area contributed by atoms with Crippen molar-refractivity contribution in [2.24, 2.45) is 0 Å². The number of carbonyl (C=O) groups is 1. The molecule has 0 aromatic carbocycles. The molecule has 0 aromatic rings. The first-order chi connectivity index (χ1) is 6.26. The van der Waals surface area contributed by atoms with Crippen molar-refractivity contribution in [3.63, 3.8) is 0 Å². The van der Waals surface area contributed by atoms with Crippen molar-refractivity contribution in [2.45, 2.75) is 32.2 Å². The van der Waals surface area contributed by atoms with Crippen LogP contribution in [-0.2, 0) is 9.53 Å². The molecule has 0 aromatic heterocycles. The first-order valence-electron chi connectivity index (χ1n) is 4.71. The summed E-state index contributed by atoms with van der Waals surface area (Å²) in [7, 11) is 1.77. The number of carbonyl (C=O) groups excluding carboxylic acids is 1. The van der Waals surface area contributed by atoms with Crippen LogP contribution in [-0.4, -0.2) is 25.7 Å². The average molecular weight is 185 g/mol. The molecule has 0 radical (unpaired) electrons. The van der Waals surface area contributed by atoms with Gasteiger partial charge < -0.3 is 10.1 Å². The van der Waals surface area contributed by atoms with Gasteiger partial charge in [0.15, 0.2) is 0 Å². The molecule has 0 aliphatic carbocycles. The number of unbranched alkanes of at least 4 members (excludes halogenated alkanes) is 1. The molecule has 0 bridgehead atoms. The van der Waals surface area contributed by atoms with Gasteiger partial charge in [0.1, 0.15) is 12.6 Å². The molecule has 3 nitrogen and oxygen atoms in total. The highest BCUT2D eigenvalue weighted by Crippen LogP contribution is 2.01. The summed E-state index contributed by atoms with van der Waals surface area (Å²) in [6.45, 7) is 5.88. The molecular weight excluding hydrogens is 166 g/mol. The number of hydrogen-bond donors (Lipinski definition) is 1. The maximum atomic E-state index is 11.3. The molecule has 3 heteroatoms. The predicted octanol–water partition coefficient (Wildman–Crippen LogP) is 1.49. The second-order valence-corrected chi connectivity index (χ2v) is 2.90. The molecule has 0 fully saturated rings. The molecule has 13 heavy (non-hydrogen) atoms. The topological polar surface area (TPSA) is 38.3 Å². The largest absolute Gasteiger partial charge is 0.460 e. The van der Waals surface area contributed by atoms with Gasteiger partial charge in [-0.3, -0.25) is 4.79 Å². The van der Waals surface area contributed by atoms with Crippen LogP contribution in [0.15, 0.2) is 12.7 Å². The fourth-order valence-electron chi connectivity index (χ4n) is 1.03. The van der Waals surface area contributed by atoms with Gasteiger partial charge in [0.2, 0.25) is 0 Å². The molecule has 0 aliphatic rings. The number of esters is 1. The number of likely N-dealkylation sites (N-methyl/N-ethyl adjacent to an activating group) is 1. The third-order valence-electron chi connectivity index (χ3n) is 1.82. The zero-order valence-corrected chi connectivity index (χ0v) is 8.51. The van der Waals surface area contributed by atoms with Crippen molar-refractivity contribution < 1.29 is 9.53 Å². The summed E-state index contributed by atoms with van der Waals surface area (Å²) in [5.74, 6) is -0.184. The zero-order chi connectivity index (χ0) is 10.1. The van der Waals surface area contributed by atoms with E-state index >= 15 is 0 Å². The van der Waals surface area contributed by atoms with Gasteiger partial charge in [-0.2, -0.15) is 0 Å². The smallest absolute Gasteiger partial charge is 0.323 e. The fourth-order valence-corrected chi connectivity index (χ4v) is 1.03. The molecule has 1 N–H and O–H groups in total. The van der Waals surface area contributed by atoms with Crippen molar-refractivity contribution in [1.29, 1.82) is 0 Å². The lowest BCUT2D eigenvalue weighted by molar-refractivity contribution is -0.145. The van der Waals surface area contributed by atoms with E-state index in [2.05, 4.69) is 18.8 Å². The maximum absolute atomic E-state index is 11.3. The molecule has 0 rings (SSSR count). The first kappa shape index (κ1) is 12.2. The quantitative estimate of drug-likeness (QED) is 0.482. The van der Waals surface area contributed by atoms with Gasteiger partial charge in [0.25, 0.3) is 0 Å². The van der Waals surface area contributed by atoms with Gasteiger partial charge >= 0.3 is 5.97 Å². The predicted molar refractivity (Wildman–Crippen MR) is 53.5 cm³/mol. The lowest BCUT2D eigenvalue weighted by atomic mass is 10.1. The molecule has 1 atom stereocenters. The van der Waals surface area contributed by atoms with E-state index in [1.165, 1.54) is 0 Å². The van der Waals surface area contributed by atoms with Crippen LogP contribution in [0.5, 0.6) is 0 Å². The zero-order valence-electron chi connectivity index (χ0n) is 8.51. The highest BCUT2D eigenvalue weighted by atomic mass is 16.5. The van der Waals surface area contributed by atoms with Gasteiger partial charge in [-0.05, 0) is 13.5 Å². The Kier molecular flexibility index (Phi) is 7.30. The molecule has 76 valence electrons. The van der Waals surface area contributed by atoms with Gasteiger partial charge in [0, 0.05) is 0 Å². The van der Waals surface area contributed by atoms with Crippen LogP contribution < -0.4 is 5.32 Å². The Morgan fingerprint density at radius 3 is 2.85 bits per heavy atom. The van der Waals surface area contributed by atoms with E-state index in [9.17, 15) is 4.79 Å². The second-order valence-electron chi connectivity index (χ2n) is 2.90. The summed E-state index contributed by atoms with van der Waals surface area (Å²) in [6, 6.07) is -0.167. The van der Waals surface area contributed by atoms with E-state index in [0.29, 0.717) is 6.61 Å². The molecule has 0 amide bonds. The fraction of sp³-hybridized carbons (Fsp3) is 0.700.